The molecule has 0 aromatic heterocycles. The predicted molar refractivity (Wildman–Crippen MR) is 74.2 cm³/mol. The molecule has 0 unspecified atom stereocenters. The highest BCUT2D eigenvalue weighted by Gasteiger charge is 2.29. The number of para-hydroxylation sites is 1. The minimum atomic E-state index is -0.661. The summed E-state index contributed by atoms with van der Waals surface area (Å²) >= 11 is 0. The third-order valence-corrected chi connectivity index (χ3v) is 3.75. The van der Waals surface area contributed by atoms with Crippen molar-refractivity contribution in [3.63, 3.8) is 0 Å². The molecule has 2 rings (SSSR count). The smallest absolute Gasteiger partial charge is 0.143 e. The molecule has 1 aliphatic carbocycles. The number of nitrogens with one attached hydrogen (secondary N) is 1. The van der Waals surface area contributed by atoms with E-state index in [2.05, 4.69) is 11.4 Å². The van der Waals surface area contributed by atoms with E-state index in [1.165, 1.54) is 6.42 Å². The lowest BCUT2D eigenvalue weighted by atomic mass is 9.85. The summed E-state index contributed by atoms with van der Waals surface area (Å²) < 4.78 is 5.27. The van der Waals surface area contributed by atoms with Gasteiger partial charge in [0.15, 0.2) is 0 Å². The molecule has 19 heavy (non-hydrogen) atoms. The third-order valence-electron chi connectivity index (χ3n) is 3.75. The molecule has 0 radical (unpaired) electrons. The second-order valence-corrected chi connectivity index (χ2v) is 5.13. The van der Waals surface area contributed by atoms with E-state index < -0.39 is 5.60 Å². The Morgan fingerprint density at radius 3 is 2.74 bits per heavy atom. The standard InChI is InChI=1S/C15H20N2O2/c1-19-13-7-5-6-12(10-16)14(13)17-11-15(18)8-3-2-4-9-15/h5-7,17-18H,2-4,8-9,11H2,1H3. The number of nitriles is 1. The Balaban J connectivity index is 2.12. The van der Waals surface area contributed by atoms with Crippen molar-refractivity contribution < 1.29 is 9.84 Å². The zero-order valence-corrected chi connectivity index (χ0v) is 11.3. The Hall–Kier alpha value is -1.73. The van der Waals surface area contributed by atoms with E-state index >= 15 is 0 Å². The van der Waals surface area contributed by atoms with Gasteiger partial charge in [0.1, 0.15) is 11.8 Å². The number of hydrogen-bond acceptors (Lipinski definition) is 4. The van der Waals surface area contributed by atoms with Crippen LogP contribution in [0.15, 0.2) is 18.2 Å². The molecule has 4 heteroatoms. The van der Waals surface area contributed by atoms with Crippen molar-refractivity contribution in [1.82, 2.24) is 0 Å². The number of hydrogen-bond donors (Lipinski definition) is 2. The molecule has 1 aromatic rings. The van der Waals surface area contributed by atoms with Crippen LogP contribution in [-0.2, 0) is 0 Å². The van der Waals surface area contributed by atoms with Gasteiger partial charge in [-0.2, -0.15) is 5.26 Å². The Morgan fingerprint density at radius 1 is 1.37 bits per heavy atom. The van der Waals surface area contributed by atoms with Crippen LogP contribution in [0.3, 0.4) is 0 Å². The van der Waals surface area contributed by atoms with Gasteiger partial charge < -0.3 is 15.2 Å². The molecule has 2 N–H and O–H groups in total. The zero-order chi connectivity index (χ0) is 13.7. The third kappa shape index (κ3) is 3.18. The van der Waals surface area contributed by atoms with Crippen molar-refractivity contribution in [1.29, 1.82) is 5.26 Å². The molecular formula is C15H20N2O2. The first-order valence-corrected chi connectivity index (χ1v) is 6.72. The molecule has 102 valence electrons. The normalized spacial score (nSPS) is 17.5. The molecule has 1 aliphatic rings. The number of nitrogens with zero attached hydrogens (tertiary/aromatic N) is 1. The summed E-state index contributed by atoms with van der Waals surface area (Å²) in [6, 6.07) is 7.50. The SMILES string of the molecule is COc1cccc(C#N)c1NCC1(O)CCCCC1. The van der Waals surface area contributed by atoms with Crippen LogP contribution in [0.2, 0.25) is 0 Å². The molecular weight excluding hydrogens is 240 g/mol. The number of anilines is 1. The minimum Gasteiger partial charge on any atom is -0.495 e. The Kier molecular flexibility index (Phi) is 4.28. The molecule has 0 amide bonds. The fourth-order valence-electron chi connectivity index (χ4n) is 2.62. The average Bonchev–Trinajstić information content (AvgIpc) is 2.45. The topological polar surface area (TPSA) is 65.3 Å². The number of rotatable bonds is 4. The van der Waals surface area contributed by atoms with Gasteiger partial charge in [0, 0.05) is 6.54 Å². The van der Waals surface area contributed by atoms with Crippen molar-refractivity contribution in [2.24, 2.45) is 0 Å². The maximum absolute atomic E-state index is 10.5. The number of methoxy groups -OCH3 is 1. The maximum Gasteiger partial charge on any atom is 0.143 e. The van der Waals surface area contributed by atoms with Crippen molar-refractivity contribution in [3.05, 3.63) is 23.8 Å². The summed E-state index contributed by atoms with van der Waals surface area (Å²) in [4.78, 5) is 0. The summed E-state index contributed by atoms with van der Waals surface area (Å²) in [5.41, 5.74) is 0.552. The largest absolute Gasteiger partial charge is 0.495 e. The van der Waals surface area contributed by atoms with E-state index in [9.17, 15) is 5.11 Å². The Labute approximate surface area is 114 Å². The van der Waals surface area contributed by atoms with Gasteiger partial charge in [0.05, 0.1) is 24.0 Å². The average molecular weight is 260 g/mol. The predicted octanol–water partition coefficient (Wildman–Crippen LogP) is 2.67. The monoisotopic (exact) mass is 260 g/mol. The zero-order valence-electron chi connectivity index (χ0n) is 11.3. The molecule has 0 spiro atoms. The number of ether oxygens (including phenoxy) is 1. The van der Waals surface area contributed by atoms with E-state index in [0.717, 1.165) is 25.7 Å². The lowest BCUT2D eigenvalue weighted by Crippen LogP contribution is -2.38. The summed E-state index contributed by atoms with van der Waals surface area (Å²) in [6.45, 7) is 0.460. The van der Waals surface area contributed by atoms with E-state index in [1.54, 1.807) is 19.2 Å². The van der Waals surface area contributed by atoms with Crippen LogP contribution in [0.4, 0.5) is 5.69 Å². The fraction of sp³-hybridized carbons (Fsp3) is 0.533. The van der Waals surface area contributed by atoms with Crippen molar-refractivity contribution in [2.75, 3.05) is 19.0 Å². The maximum atomic E-state index is 10.5. The Morgan fingerprint density at radius 2 is 2.11 bits per heavy atom. The van der Waals surface area contributed by atoms with Crippen LogP contribution < -0.4 is 10.1 Å². The lowest BCUT2D eigenvalue weighted by molar-refractivity contribution is 0.0167. The highest BCUT2D eigenvalue weighted by atomic mass is 16.5. The Bertz CT molecular complexity index is 474. The van der Waals surface area contributed by atoms with Crippen LogP contribution in [0.1, 0.15) is 37.7 Å². The van der Waals surface area contributed by atoms with Gasteiger partial charge in [-0.15, -0.1) is 0 Å². The molecule has 1 fully saturated rings. The highest BCUT2D eigenvalue weighted by Crippen LogP contribution is 2.32. The van der Waals surface area contributed by atoms with E-state index in [-0.39, 0.29) is 0 Å². The van der Waals surface area contributed by atoms with Gasteiger partial charge in [-0.3, -0.25) is 0 Å². The van der Waals surface area contributed by atoms with Gasteiger partial charge in [-0.1, -0.05) is 25.3 Å². The molecule has 0 aliphatic heterocycles. The van der Waals surface area contributed by atoms with Gasteiger partial charge in [-0.25, -0.2) is 0 Å². The minimum absolute atomic E-state index is 0.460. The summed E-state index contributed by atoms with van der Waals surface area (Å²) in [7, 11) is 1.58. The van der Waals surface area contributed by atoms with Crippen LogP contribution in [0.5, 0.6) is 5.75 Å². The van der Waals surface area contributed by atoms with Gasteiger partial charge >= 0.3 is 0 Å². The first-order chi connectivity index (χ1) is 9.18. The van der Waals surface area contributed by atoms with Gasteiger partial charge in [0.2, 0.25) is 0 Å². The van der Waals surface area contributed by atoms with Crippen LogP contribution in [0.25, 0.3) is 0 Å². The van der Waals surface area contributed by atoms with E-state index in [1.807, 2.05) is 6.07 Å². The van der Waals surface area contributed by atoms with Crippen molar-refractivity contribution in [3.8, 4) is 11.8 Å². The lowest BCUT2D eigenvalue weighted by Gasteiger charge is -2.32. The van der Waals surface area contributed by atoms with Gasteiger partial charge in [0.25, 0.3) is 0 Å². The molecule has 0 bridgehead atoms. The molecule has 1 saturated carbocycles. The summed E-state index contributed by atoms with van der Waals surface area (Å²) in [6.07, 6.45) is 4.96. The highest BCUT2D eigenvalue weighted by molar-refractivity contribution is 5.66. The first kappa shape index (κ1) is 13.7. The quantitative estimate of drug-likeness (QED) is 0.873. The molecule has 4 nitrogen and oxygen atoms in total. The number of benzene rings is 1. The second-order valence-electron chi connectivity index (χ2n) is 5.13. The van der Waals surface area contributed by atoms with Gasteiger partial charge in [-0.05, 0) is 25.0 Å². The molecule has 0 heterocycles. The van der Waals surface area contributed by atoms with Crippen molar-refractivity contribution in [2.45, 2.75) is 37.7 Å². The van der Waals surface area contributed by atoms with E-state index in [4.69, 9.17) is 10.00 Å². The molecule has 0 saturated heterocycles. The summed E-state index contributed by atoms with van der Waals surface area (Å²) in [5.74, 6) is 0.637. The molecule has 0 atom stereocenters. The fourth-order valence-corrected chi connectivity index (χ4v) is 2.62. The number of aliphatic hydroxyl groups is 1. The van der Waals surface area contributed by atoms with Crippen LogP contribution in [-0.4, -0.2) is 24.4 Å². The van der Waals surface area contributed by atoms with E-state index in [0.29, 0.717) is 23.5 Å². The van der Waals surface area contributed by atoms with Crippen LogP contribution in [0, 0.1) is 11.3 Å². The van der Waals surface area contributed by atoms with Crippen LogP contribution >= 0.6 is 0 Å². The summed E-state index contributed by atoms with van der Waals surface area (Å²) in [5, 5.41) is 22.8. The van der Waals surface area contributed by atoms with Crippen molar-refractivity contribution >= 4 is 5.69 Å². The molecule has 1 aromatic carbocycles. The first-order valence-electron chi connectivity index (χ1n) is 6.72. The second kappa shape index (κ2) is 5.94.